The maximum absolute atomic E-state index is 12.2. The lowest BCUT2D eigenvalue weighted by molar-refractivity contribution is -0.146. The van der Waals surface area contributed by atoms with Crippen LogP contribution >= 0.6 is 0 Å². The largest absolute Gasteiger partial charge is 0.456 e. The van der Waals surface area contributed by atoms with E-state index in [-0.39, 0.29) is 47.5 Å². The molecule has 8 atom stereocenters. The van der Waals surface area contributed by atoms with Crippen molar-refractivity contribution in [3.8, 4) is 0 Å². The van der Waals surface area contributed by atoms with Crippen LogP contribution in [0.3, 0.4) is 0 Å². The zero-order chi connectivity index (χ0) is 33.4. The molecule has 0 saturated carbocycles. The van der Waals surface area contributed by atoms with E-state index in [4.69, 9.17) is 24.2 Å². The van der Waals surface area contributed by atoms with E-state index >= 15 is 0 Å². The first kappa shape index (κ1) is 35.5. The number of allylic oxidation sites excluding steroid dienone is 4. The van der Waals surface area contributed by atoms with Gasteiger partial charge in [0.05, 0.1) is 11.7 Å². The van der Waals surface area contributed by atoms with E-state index in [0.29, 0.717) is 11.1 Å². The van der Waals surface area contributed by atoms with Crippen molar-refractivity contribution in [2.24, 2.45) is 27.7 Å². The highest BCUT2D eigenvalue weighted by Gasteiger charge is 2.61. The minimum absolute atomic E-state index is 0.00329. The van der Waals surface area contributed by atoms with Crippen LogP contribution in [0, 0.1) is 17.8 Å². The molecule has 3 heterocycles. The number of rotatable bonds is 12. The van der Waals surface area contributed by atoms with Crippen LogP contribution in [0.5, 0.6) is 0 Å². The van der Waals surface area contributed by atoms with Gasteiger partial charge in [-0.3, -0.25) is 9.98 Å². The highest BCUT2D eigenvalue weighted by Crippen LogP contribution is 2.49. The van der Waals surface area contributed by atoms with Crippen LogP contribution in [0.15, 0.2) is 57.6 Å². The topological polar surface area (TPSA) is 110 Å². The summed E-state index contributed by atoms with van der Waals surface area (Å²) in [5.74, 6) is -0.674. The second-order valence-electron chi connectivity index (χ2n) is 14.6. The monoisotopic (exact) mass is 648 g/mol. The first-order chi connectivity index (χ1) is 22.7. The summed E-state index contributed by atoms with van der Waals surface area (Å²) in [6.07, 6.45) is 22.5. The summed E-state index contributed by atoms with van der Waals surface area (Å²) in [5.41, 5.74) is 3.33. The highest BCUT2D eigenvalue weighted by molar-refractivity contribution is 5.91. The second-order valence-corrected chi connectivity index (χ2v) is 14.6. The number of hydrogen-bond donors (Lipinski definition) is 1. The maximum Gasteiger partial charge on any atom is 0.334 e. The number of nitrogens with zero attached hydrogens (tertiary/aromatic N) is 2. The third-order valence-corrected chi connectivity index (χ3v) is 11.0. The van der Waals surface area contributed by atoms with Crippen LogP contribution in [0.4, 0.5) is 0 Å². The van der Waals surface area contributed by atoms with Gasteiger partial charge in [0.1, 0.15) is 18.3 Å². The summed E-state index contributed by atoms with van der Waals surface area (Å²) in [4.78, 5) is 33.8. The van der Waals surface area contributed by atoms with Crippen LogP contribution < -0.4 is 0 Å². The molecule has 8 heteroatoms. The standard InChI is InChI=1S/C39H56N2O6/c1-26-14-12-15-29(17-19-31-27(2)37(43)45-34(31)33(26)42)24-40-22-10-8-6-5-7-9-11-23-41-25-30-16-13-21-39(4)36(47-39)35-32(20-18-30)28(3)38(44)46-35/h15-16,24-26,31-36,42H,2-3,5-14,17-23H2,1,4H3/b29-15+,30-16+,40-24-,41-25-/t26-,31-,32-,33+,34-,35-,36-,39+/m0/s1. The molecule has 0 radical (unpaired) electrons. The molecule has 0 unspecified atom stereocenters. The molecule has 3 fully saturated rings. The van der Waals surface area contributed by atoms with Crippen molar-refractivity contribution in [3.63, 3.8) is 0 Å². The number of fused-ring (bicyclic) bond motifs is 4. The Morgan fingerprint density at radius 2 is 1.32 bits per heavy atom. The Bertz CT molecular complexity index is 1280. The Labute approximate surface area is 281 Å². The molecule has 47 heavy (non-hydrogen) atoms. The van der Waals surface area contributed by atoms with E-state index in [1.165, 1.54) is 43.3 Å². The molecule has 3 saturated heterocycles. The number of hydrogen-bond acceptors (Lipinski definition) is 8. The summed E-state index contributed by atoms with van der Waals surface area (Å²) in [5, 5.41) is 10.7. The van der Waals surface area contributed by atoms with E-state index in [2.05, 4.69) is 32.2 Å². The molecule has 0 bridgehead atoms. The fourth-order valence-corrected chi connectivity index (χ4v) is 7.70. The minimum Gasteiger partial charge on any atom is -0.456 e. The lowest BCUT2D eigenvalue weighted by Crippen LogP contribution is -2.36. The van der Waals surface area contributed by atoms with Gasteiger partial charge in [-0.2, -0.15) is 0 Å². The van der Waals surface area contributed by atoms with Crippen LogP contribution in [-0.4, -0.2) is 72.6 Å². The summed E-state index contributed by atoms with van der Waals surface area (Å²) in [6.45, 7) is 13.8. The zero-order valence-corrected chi connectivity index (χ0v) is 28.7. The number of aliphatic hydroxyl groups excluding tert-OH is 1. The fourth-order valence-electron chi connectivity index (χ4n) is 7.70. The number of aliphatic imine (C=N–C) groups is 2. The summed E-state index contributed by atoms with van der Waals surface area (Å²) in [6, 6.07) is 0. The van der Waals surface area contributed by atoms with Crippen molar-refractivity contribution >= 4 is 24.4 Å². The fraction of sp³-hybridized carbons (Fsp3) is 0.692. The molecule has 0 aromatic heterocycles. The van der Waals surface area contributed by atoms with Crippen LogP contribution in [0.25, 0.3) is 0 Å². The second kappa shape index (κ2) is 16.5. The molecule has 1 N–H and O–H groups in total. The van der Waals surface area contributed by atoms with E-state index in [0.717, 1.165) is 77.3 Å². The summed E-state index contributed by atoms with van der Waals surface area (Å²) < 4.78 is 17.2. The molecule has 3 aliphatic heterocycles. The van der Waals surface area contributed by atoms with E-state index in [9.17, 15) is 14.7 Å². The van der Waals surface area contributed by atoms with Crippen molar-refractivity contribution in [1.29, 1.82) is 0 Å². The molecule has 0 aromatic rings. The number of esters is 2. The van der Waals surface area contributed by atoms with Gasteiger partial charge in [-0.15, -0.1) is 0 Å². The minimum atomic E-state index is -0.646. The Morgan fingerprint density at radius 1 is 0.809 bits per heavy atom. The number of ether oxygens (including phenoxy) is 3. The normalized spacial score (nSPS) is 37.0. The van der Waals surface area contributed by atoms with E-state index in [1.807, 2.05) is 19.4 Å². The number of aliphatic hydroxyl groups is 1. The lowest BCUT2D eigenvalue weighted by atomic mass is 9.82. The average molecular weight is 649 g/mol. The molecular formula is C39H56N2O6. The first-order valence-corrected chi connectivity index (χ1v) is 18.2. The summed E-state index contributed by atoms with van der Waals surface area (Å²) in [7, 11) is 0. The van der Waals surface area contributed by atoms with Crippen molar-refractivity contribution in [3.05, 3.63) is 47.6 Å². The van der Waals surface area contributed by atoms with Gasteiger partial charge in [0.15, 0.2) is 0 Å². The first-order valence-electron chi connectivity index (χ1n) is 18.2. The van der Waals surface area contributed by atoms with Gasteiger partial charge in [-0.05, 0) is 88.2 Å². The third-order valence-electron chi connectivity index (χ3n) is 11.0. The molecule has 8 nitrogen and oxygen atoms in total. The Kier molecular flexibility index (Phi) is 12.5. The van der Waals surface area contributed by atoms with Gasteiger partial charge in [0.2, 0.25) is 0 Å². The van der Waals surface area contributed by atoms with Gasteiger partial charge in [-0.1, -0.05) is 64.3 Å². The smallest absolute Gasteiger partial charge is 0.334 e. The van der Waals surface area contributed by atoms with Gasteiger partial charge >= 0.3 is 11.9 Å². The predicted octanol–water partition coefficient (Wildman–Crippen LogP) is 7.21. The Hall–Kier alpha value is -2.84. The van der Waals surface area contributed by atoms with E-state index < -0.39 is 12.2 Å². The Balaban J connectivity index is 0.929. The lowest BCUT2D eigenvalue weighted by Gasteiger charge is -2.28. The summed E-state index contributed by atoms with van der Waals surface area (Å²) >= 11 is 0. The van der Waals surface area contributed by atoms with Gasteiger partial charge in [0, 0.05) is 48.5 Å². The number of carbonyl (C=O) groups excluding carboxylic acids is 2. The molecule has 0 amide bonds. The van der Waals surface area contributed by atoms with Crippen molar-refractivity contribution in [2.45, 2.75) is 140 Å². The molecule has 258 valence electrons. The zero-order valence-electron chi connectivity index (χ0n) is 28.7. The molecule has 0 spiro atoms. The van der Waals surface area contributed by atoms with E-state index in [1.54, 1.807) is 0 Å². The van der Waals surface area contributed by atoms with Crippen LogP contribution in [0.1, 0.15) is 110 Å². The predicted molar refractivity (Wildman–Crippen MR) is 186 cm³/mol. The van der Waals surface area contributed by atoms with Crippen molar-refractivity contribution in [2.75, 3.05) is 13.1 Å². The maximum atomic E-state index is 12.2. The number of epoxide rings is 1. The van der Waals surface area contributed by atoms with Gasteiger partial charge in [0.25, 0.3) is 0 Å². The molecule has 5 rings (SSSR count). The molecule has 2 aliphatic carbocycles. The van der Waals surface area contributed by atoms with Gasteiger partial charge in [-0.25, -0.2) is 9.59 Å². The Morgan fingerprint density at radius 3 is 1.91 bits per heavy atom. The van der Waals surface area contributed by atoms with Gasteiger partial charge < -0.3 is 19.3 Å². The quantitative estimate of drug-likeness (QED) is 0.0788. The molecule has 0 aromatic carbocycles. The van der Waals surface area contributed by atoms with Crippen LogP contribution in [0.2, 0.25) is 0 Å². The average Bonchev–Trinajstić information content (AvgIpc) is 3.53. The molecular weight excluding hydrogens is 592 g/mol. The number of unbranched alkanes of at least 4 members (excludes halogenated alkanes) is 6. The molecule has 5 aliphatic rings. The van der Waals surface area contributed by atoms with Crippen molar-refractivity contribution in [1.82, 2.24) is 0 Å². The highest BCUT2D eigenvalue weighted by atomic mass is 16.6. The third kappa shape index (κ3) is 9.20. The van der Waals surface area contributed by atoms with Crippen LogP contribution in [-0.2, 0) is 23.8 Å². The number of carbonyl (C=O) groups is 2. The SMILES string of the molecule is C=C1C(=O)O[C@@H]2[C@H](O)[C@@H](C)CC/C=C(/C=N\CCCCCCCCC/N=C\C3=C\CC[C@@]4(C)O[C@H]4[C@H]4OC(=O)C(=C)[C@@H]4CC3)CC[C@@H]12. The van der Waals surface area contributed by atoms with Crippen molar-refractivity contribution < 1.29 is 28.9 Å².